The van der Waals surface area contributed by atoms with Crippen molar-refractivity contribution in [1.82, 2.24) is 4.31 Å². The zero-order valence-corrected chi connectivity index (χ0v) is 16.5. The van der Waals surface area contributed by atoms with Gasteiger partial charge in [-0.1, -0.05) is 6.42 Å². The van der Waals surface area contributed by atoms with E-state index < -0.39 is 10.0 Å². The summed E-state index contributed by atoms with van der Waals surface area (Å²) in [6.45, 7) is 2.17. The first-order valence-electron chi connectivity index (χ1n) is 9.30. The van der Waals surface area contributed by atoms with Crippen molar-refractivity contribution in [2.24, 2.45) is 17.8 Å². The van der Waals surface area contributed by atoms with Gasteiger partial charge in [0.15, 0.2) is 0 Å². The molecule has 0 spiro atoms. The van der Waals surface area contributed by atoms with Crippen LogP contribution in [0.2, 0.25) is 0 Å². The fourth-order valence-electron chi connectivity index (χ4n) is 4.34. The molecule has 3 atom stereocenters. The van der Waals surface area contributed by atoms with Crippen molar-refractivity contribution in [3.05, 3.63) is 18.2 Å². The third kappa shape index (κ3) is 3.88. The Bertz CT molecular complexity index is 776. The maximum absolute atomic E-state index is 12.6. The van der Waals surface area contributed by atoms with Gasteiger partial charge >= 0.3 is 0 Å². The summed E-state index contributed by atoms with van der Waals surface area (Å²) in [5, 5.41) is 2.87. The molecular weight excluding hydrogens is 352 g/mol. The molecule has 2 bridgehead atoms. The number of rotatable bonds is 7. The topological polar surface area (TPSA) is 75.7 Å². The van der Waals surface area contributed by atoms with E-state index in [0.29, 0.717) is 36.3 Å². The molecule has 144 valence electrons. The van der Waals surface area contributed by atoms with Crippen molar-refractivity contribution in [2.45, 2.75) is 43.9 Å². The van der Waals surface area contributed by atoms with E-state index in [2.05, 4.69) is 5.32 Å². The third-order valence-corrected chi connectivity index (χ3v) is 7.45. The highest BCUT2D eigenvalue weighted by Crippen LogP contribution is 2.49. The lowest BCUT2D eigenvalue weighted by Crippen LogP contribution is -2.23. The van der Waals surface area contributed by atoms with Gasteiger partial charge in [-0.2, -0.15) is 0 Å². The second kappa shape index (κ2) is 7.56. The van der Waals surface area contributed by atoms with Crippen LogP contribution in [0.25, 0.3) is 0 Å². The quantitative estimate of drug-likeness (QED) is 0.789. The molecule has 1 N–H and O–H groups in total. The smallest absolute Gasteiger partial charge is 0.246 e. The maximum Gasteiger partial charge on any atom is 0.246 e. The summed E-state index contributed by atoms with van der Waals surface area (Å²) in [6.07, 6.45) is 5.50. The van der Waals surface area contributed by atoms with Crippen LogP contribution in [0.5, 0.6) is 5.75 Å². The normalized spacial score (nSPS) is 24.8. The number of sulfonamides is 1. The van der Waals surface area contributed by atoms with Crippen LogP contribution in [-0.4, -0.2) is 39.3 Å². The molecule has 0 saturated heterocycles. The van der Waals surface area contributed by atoms with Crippen LogP contribution >= 0.6 is 0 Å². The highest BCUT2D eigenvalue weighted by Gasteiger charge is 2.40. The van der Waals surface area contributed by atoms with Crippen molar-refractivity contribution >= 4 is 21.6 Å². The van der Waals surface area contributed by atoms with Gasteiger partial charge < -0.3 is 10.1 Å². The van der Waals surface area contributed by atoms with Crippen LogP contribution in [0, 0.1) is 17.8 Å². The summed E-state index contributed by atoms with van der Waals surface area (Å²) in [7, 11) is -0.705. The molecule has 0 radical (unpaired) electrons. The van der Waals surface area contributed by atoms with Gasteiger partial charge in [-0.15, -0.1) is 0 Å². The van der Waals surface area contributed by atoms with E-state index in [1.807, 2.05) is 0 Å². The van der Waals surface area contributed by atoms with Gasteiger partial charge in [-0.3, -0.25) is 4.79 Å². The first-order chi connectivity index (χ1) is 12.3. The molecule has 7 heteroatoms. The molecule has 2 fully saturated rings. The monoisotopic (exact) mass is 380 g/mol. The fraction of sp³-hybridized carbons (Fsp3) is 0.632. The number of nitrogens with zero attached hydrogens (tertiary/aromatic N) is 1. The van der Waals surface area contributed by atoms with Crippen molar-refractivity contribution in [3.8, 4) is 5.75 Å². The summed E-state index contributed by atoms with van der Waals surface area (Å²) >= 11 is 0. The van der Waals surface area contributed by atoms with Gasteiger partial charge in [0.2, 0.25) is 15.9 Å². The Morgan fingerprint density at radius 3 is 2.62 bits per heavy atom. The highest BCUT2D eigenvalue weighted by molar-refractivity contribution is 7.89. The van der Waals surface area contributed by atoms with Gasteiger partial charge in [0.1, 0.15) is 10.6 Å². The molecular formula is C19H28N2O4S. The maximum atomic E-state index is 12.6. The van der Waals surface area contributed by atoms with Gasteiger partial charge in [-0.25, -0.2) is 12.7 Å². The number of carbonyl (C=O) groups excluding carboxylic acids is 1. The standard InChI is InChI=1S/C19H28N2O4S/c1-4-25-17-8-7-16(12-18(17)26(23,24)21(2)3)20-19(22)11-15-10-13-5-6-14(15)9-13/h7-8,12-15H,4-6,9-11H2,1-3H3,(H,20,22)/t13-,14-,15-/m1/s1. The summed E-state index contributed by atoms with van der Waals surface area (Å²) in [6, 6.07) is 4.78. The summed E-state index contributed by atoms with van der Waals surface area (Å²) in [4.78, 5) is 12.5. The number of carbonyl (C=O) groups is 1. The fourth-order valence-corrected chi connectivity index (χ4v) is 5.39. The van der Waals surface area contributed by atoms with Gasteiger partial charge in [0.25, 0.3) is 0 Å². The first-order valence-corrected chi connectivity index (χ1v) is 10.7. The molecule has 1 aromatic rings. The van der Waals surface area contributed by atoms with Crippen molar-refractivity contribution in [3.63, 3.8) is 0 Å². The Labute approximate surface area is 156 Å². The van der Waals surface area contributed by atoms with Crippen LogP contribution in [0.4, 0.5) is 5.69 Å². The molecule has 0 aliphatic heterocycles. The van der Waals surface area contributed by atoms with E-state index in [4.69, 9.17) is 4.74 Å². The Morgan fingerprint density at radius 1 is 1.27 bits per heavy atom. The molecule has 26 heavy (non-hydrogen) atoms. The number of amides is 1. The van der Waals surface area contributed by atoms with E-state index in [1.54, 1.807) is 19.1 Å². The van der Waals surface area contributed by atoms with Crippen molar-refractivity contribution in [1.29, 1.82) is 0 Å². The number of fused-ring (bicyclic) bond motifs is 2. The Hall–Kier alpha value is -1.60. The molecule has 0 heterocycles. The molecule has 2 aliphatic carbocycles. The lowest BCUT2D eigenvalue weighted by atomic mass is 9.86. The largest absolute Gasteiger partial charge is 0.492 e. The summed E-state index contributed by atoms with van der Waals surface area (Å²) in [5.74, 6) is 2.23. The average molecular weight is 381 g/mol. The minimum atomic E-state index is -3.66. The Morgan fingerprint density at radius 2 is 2.04 bits per heavy atom. The number of hydrogen-bond acceptors (Lipinski definition) is 4. The predicted octanol–water partition coefficient (Wildman–Crippen LogP) is 3.10. The Balaban J connectivity index is 1.74. The van der Waals surface area contributed by atoms with Crippen LogP contribution < -0.4 is 10.1 Å². The summed E-state index contributed by atoms with van der Waals surface area (Å²) < 4.78 is 31.7. The van der Waals surface area contributed by atoms with E-state index in [1.165, 1.54) is 39.4 Å². The molecule has 2 saturated carbocycles. The second-order valence-electron chi connectivity index (χ2n) is 7.57. The van der Waals surface area contributed by atoms with Gasteiger partial charge in [0, 0.05) is 26.2 Å². The highest BCUT2D eigenvalue weighted by atomic mass is 32.2. The predicted molar refractivity (Wildman–Crippen MR) is 101 cm³/mol. The van der Waals surface area contributed by atoms with E-state index in [-0.39, 0.29) is 10.8 Å². The second-order valence-corrected chi connectivity index (χ2v) is 9.69. The lowest BCUT2D eigenvalue weighted by molar-refractivity contribution is -0.117. The summed E-state index contributed by atoms with van der Waals surface area (Å²) in [5.41, 5.74) is 0.488. The lowest BCUT2D eigenvalue weighted by Gasteiger charge is -2.21. The van der Waals surface area contributed by atoms with Crippen LogP contribution in [0.1, 0.15) is 39.0 Å². The molecule has 1 aromatic carbocycles. The molecule has 6 nitrogen and oxygen atoms in total. The van der Waals surface area contributed by atoms with E-state index in [9.17, 15) is 13.2 Å². The van der Waals surface area contributed by atoms with Crippen LogP contribution in [0.15, 0.2) is 23.1 Å². The van der Waals surface area contributed by atoms with E-state index in [0.717, 1.165) is 16.6 Å². The van der Waals surface area contributed by atoms with Crippen molar-refractivity contribution < 1.29 is 17.9 Å². The molecule has 1 amide bonds. The number of hydrogen-bond donors (Lipinski definition) is 1. The number of anilines is 1. The van der Waals surface area contributed by atoms with Crippen molar-refractivity contribution in [2.75, 3.05) is 26.0 Å². The Kier molecular flexibility index (Phi) is 5.58. The number of ether oxygens (including phenoxy) is 1. The van der Waals surface area contributed by atoms with Crippen LogP contribution in [-0.2, 0) is 14.8 Å². The molecule has 0 unspecified atom stereocenters. The average Bonchev–Trinajstić information content (AvgIpc) is 3.19. The van der Waals surface area contributed by atoms with Crippen LogP contribution in [0.3, 0.4) is 0 Å². The van der Waals surface area contributed by atoms with Gasteiger partial charge in [0.05, 0.1) is 6.61 Å². The number of benzene rings is 1. The molecule has 2 aliphatic rings. The SMILES string of the molecule is CCOc1ccc(NC(=O)C[C@H]2C[C@@H]3CC[C@@H]2C3)cc1S(=O)(=O)N(C)C. The van der Waals surface area contributed by atoms with Gasteiger partial charge in [-0.05, 0) is 62.1 Å². The third-order valence-electron chi connectivity index (χ3n) is 5.62. The minimum absolute atomic E-state index is 0.0417. The van der Waals surface area contributed by atoms with E-state index >= 15 is 0 Å². The zero-order chi connectivity index (χ0) is 18.9. The first kappa shape index (κ1) is 19.2. The minimum Gasteiger partial charge on any atom is -0.492 e. The molecule has 3 rings (SSSR count). The molecule has 0 aromatic heterocycles. The number of nitrogens with one attached hydrogen (secondary N) is 1. The zero-order valence-electron chi connectivity index (χ0n) is 15.7.